The first kappa shape index (κ1) is 18.7. The van der Waals surface area contributed by atoms with Crippen LogP contribution in [0.2, 0.25) is 5.02 Å². The molecule has 1 aliphatic carbocycles. The molecule has 1 amide bonds. The van der Waals surface area contributed by atoms with Crippen molar-refractivity contribution in [1.82, 2.24) is 4.98 Å². The first-order chi connectivity index (χ1) is 13.5. The molecule has 28 heavy (non-hydrogen) atoms. The van der Waals surface area contributed by atoms with Gasteiger partial charge in [0.25, 0.3) is 5.91 Å². The van der Waals surface area contributed by atoms with E-state index in [9.17, 15) is 4.79 Å². The second kappa shape index (κ2) is 7.40. The average molecular weight is 399 g/mol. The van der Waals surface area contributed by atoms with E-state index in [1.807, 2.05) is 18.2 Å². The fourth-order valence-electron chi connectivity index (χ4n) is 3.89. The molecule has 1 aliphatic rings. The second-order valence-corrected chi connectivity index (χ2v) is 7.74. The minimum absolute atomic E-state index is 0.205. The number of benzene rings is 2. The average Bonchev–Trinajstić information content (AvgIpc) is 3.05. The Labute approximate surface area is 169 Å². The summed E-state index contributed by atoms with van der Waals surface area (Å²) < 4.78 is 10.6. The zero-order valence-corrected chi connectivity index (χ0v) is 16.9. The molecule has 1 aromatic heterocycles. The number of aromatic nitrogens is 1. The van der Waals surface area contributed by atoms with Crippen molar-refractivity contribution in [1.29, 1.82) is 0 Å². The van der Waals surface area contributed by atoms with Crippen LogP contribution in [0.25, 0.3) is 10.9 Å². The molecule has 0 radical (unpaired) electrons. The summed E-state index contributed by atoms with van der Waals surface area (Å²) in [7, 11) is 3.07. The van der Waals surface area contributed by atoms with Crippen molar-refractivity contribution in [3.8, 4) is 11.5 Å². The van der Waals surface area contributed by atoms with Gasteiger partial charge in [-0.2, -0.15) is 0 Å². The number of aryl methyl sites for hydroxylation is 1. The Bertz CT molecular complexity index is 1060. The molecule has 0 saturated heterocycles. The molecule has 6 heteroatoms. The highest BCUT2D eigenvalue weighted by Crippen LogP contribution is 2.36. The molecular weight excluding hydrogens is 376 g/mol. The number of methoxy groups -OCH3 is 2. The van der Waals surface area contributed by atoms with Crippen molar-refractivity contribution in [3.63, 3.8) is 0 Å². The lowest BCUT2D eigenvalue weighted by Crippen LogP contribution is -2.13. The van der Waals surface area contributed by atoms with E-state index in [0.717, 1.165) is 23.7 Å². The van der Waals surface area contributed by atoms with Crippen molar-refractivity contribution in [2.24, 2.45) is 5.92 Å². The van der Waals surface area contributed by atoms with E-state index in [4.69, 9.17) is 21.1 Å². The summed E-state index contributed by atoms with van der Waals surface area (Å²) in [6.07, 6.45) is 3.31. The van der Waals surface area contributed by atoms with Crippen LogP contribution in [0, 0.1) is 5.92 Å². The Hall–Kier alpha value is -2.66. The number of aromatic amines is 1. The smallest absolute Gasteiger partial charge is 0.255 e. The maximum Gasteiger partial charge on any atom is 0.255 e. The highest BCUT2D eigenvalue weighted by molar-refractivity contribution is 6.32. The molecule has 4 rings (SSSR count). The highest BCUT2D eigenvalue weighted by atomic mass is 35.5. The van der Waals surface area contributed by atoms with E-state index in [1.54, 1.807) is 12.1 Å². The molecule has 5 nitrogen and oxygen atoms in total. The Morgan fingerprint density at radius 2 is 1.96 bits per heavy atom. The van der Waals surface area contributed by atoms with Crippen LogP contribution in [0.3, 0.4) is 0 Å². The third-order valence-electron chi connectivity index (χ3n) is 5.42. The van der Waals surface area contributed by atoms with Crippen LogP contribution in [0.1, 0.15) is 35.0 Å². The van der Waals surface area contributed by atoms with E-state index in [0.29, 0.717) is 33.7 Å². The minimum atomic E-state index is -0.205. The Kier molecular flexibility index (Phi) is 4.94. The number of ether oxygens (including phenoxy) is 2. The van der Waals surface area contributed by atoms with Crippen molar-refractivity contribution in [2.75, 3.05) is 19.5 Å². The lowest BCUT2D eigenvalue weighted by Gasteiger charge is -2.18. The van der Waals surface area contributed by atoms with Crippen LogP contribution in [-0.2, 0) is 12.8 Å². The SMILES string of the molecule is COc1cc(NC(=O)c2ccc3[nH]c4c(c3c2)C[C@H](C)CC4)c(OC)cc1Cl. The number of carbonyl (C=O) groups excluding carboxylic acids is 1. The minimum Gasteiger partial charge on any atom is -0.495 e. The van der Waals surface area contributed by atoms with E-state index in [1.165, 1.54) is 31.9 Å². The van der Waals surface area contributed by atoms with Gasteiger partial charge in [-0.1, -0.05) is 18.5 Å². The van der Waals surface area contributed by atoms with Gasteiger partial charge in [-0.25, -0.2) is 0 Å². The van der Waals surface area contributed by atoms with Crippen molar-refractivity contribution >= 4 is 34.1 Å². The maximum atomic E-state index is 12.9. The van der Waals surface area contributed by atoms with Gasteiger partial charge in [-0.15, -0.1) is 0 Å². The largest absolute Gasteiger partial charge is 0.495 e. The fourth-order valence-corrected chi connectivity index (χ4v) is 4.12. The summed E-state index contributed by atoms with van der Waals surface area (Å²) in [4.78, 5) is 16.4. The topological polar surface area (TPSA) is 63.3 Å². The van der Waals surface area contributed by atoms with Gasteiger partial charge >= 0.3 is 0 Å². The van der Waals surface area contributed by atoms with Crippen molar-refractivity contribution < 1.29 is 14.3 Å². The molecule has 3 aromatic rings. The first-order valence-corrected chi connectivity index (χ1v) is 9.74. The van der Waals surface area contributed by atoms with Gasteiger partial charge in [0.05, 0.1) is 24.9 Å². The van der Waals surface area contributed by atoms with Gasteiger partial charge in [0.1, 0.15) is 11.5 Å². The van der Waals surface area contributed by atoms with Crippen LogP contribution in [-0.4, -0.2) is 25.1 Å². The first-order valence-electron chi connectivity index (χ1n) is 9.36. The molecule has 0 bridgehead atoms. The monoisotopic (exact) mass is 398 g/mol. The van der Waals surface area contributed by atoms with Gasteiger partial charge in [-0.3, -0.25) is 4.79 Å². The zero-order valence-electron chi connectivity index (χ0n) is 16.2. The van der Waals surface area contributed by atoms with Gasteiger partial charge in [0.2, 0.25) is 0 Å². The number of hydrogen-bond acceptors (Lipinski definition) is 3. The molecule has 0 fully saturated rings. The van der Waals surface area contributed by atoms with Crippen molar-refractivity contribution in [2.45, 2.75) is 26.2 Å². The lowest BCUT2D eigenvalue weighted by atomic mass is 9.87. The number of hydrogen-bond donors (Lipinski definition) is 2. The lowest BCUT2D eigenvalue weighted by molar-refractivity contribution is 0.102. The third kappa shape index (κ3) is 3.31. The van der Waals surface area contributed by atoms with E-state index in [-0.39, 0.29) is 5.91 Å². The summed E-state index contributed by atoms with van der Waals surface area (Å²) in [6, 6.07) is 9.08. The molecule has 0 aliphatic heterocycles. The van der Waals surface area contributed by atoms with Crippen LogP contribution in [0.4, 0.5) is 5.69 Å². The van der Waals surface area contributed by atoms with Gasteiger partial charge < -0.3 is 19.8 Å². The number of rotatable bonds is 4. The Balaban J connectivity index is 1.67. The Morgan fingerprint density at radius 3 is 2.71 bits per heavy atom. The number of halogens is 1. The zero-order chi connectivity index (χ0) is 19.8. The Morgan fingerprint density at radius 1 is 1.18 bits per heavy atom. The van der Waals surface area contributed by atoms with Crippen LogP contribution in [0.15, 0.2) is 30.3 Å². The summed E-state index contributed by atoms with van der Waals surface area (Å²) >= 11 is 6.14. The number of amides is 1. The molecule has 0 unspecified atom stereocenters. The predicted molar refractivity (Wildman–Crippen MR) is 112 cm³/mol. The molecule has 2 N–H and O–H groups in total. The standard InChI is InChI=1S/C22H23ClN2O3/c1-12-4-6-17-14(8-12)15-9-13(5-7-18(15)24-17)22(26)25-19-11-20(27-2)16(23)10-21(19)28-3/h5,7,9-12,24H,4,6,8H2,1-3H3,(H,25,26)/t12-/m1/s1. The number of H-pyrrole nitrogens is 1. The van der Waals surface area contributed by atoms with E-state index in [2.05, 4.69) is 17.2 Å². The molecule has 0 saturated carbocycles. The number of fused-ring (bicyclic) bond motifs is 3. The van der Waals surface area contributed by atoms with Gasteiger partial charge in [0.15, 0.2) is 0 Å². The molecule has 146 valence electrons. The van der Waals surface area contributed by atoms with Crippen LogP contribution < -0.4 is 14.8 Å². The summed E-state index contributed by atoms with van der Waals surface area (Å²) in [5, 5.41) is 4.47. The van der Waals surface area contributed by atoms with Crippen LogP contribution >= 0.6 is 11.6 Å². The maximum absolute atomic E-state index is 12.9. The van der Waals surface area contributed by atoms with Crippen LogP contribution in [0.5, 0.6) is 11.5 Å². The van der Waals surface area contributed by atoms with Gasteiger partial charge in [0, 0.05) is 34.3 Å². The molecule has 1 heterocycles. The molecule has 2 aromatic carbocycles. The number of carbonyl (C=O) groups is 1. The summed E-state index contributed by atoms with van der Waals surface area (Å²) in [5.41, 5.74) is 4.84. The number of nitrogens with one attached hydrogen (secondary N) is 2. The summed E-state index contributed by atoms with van der Waals surface area (Å²) in [6.45, 7) is 2.28. The predicted octanol–water partition coefficient (Wildman–Crippen LogP) is 5.22. The normalized spacial score (nSPS) is 15.9. The second-order valence-electron chi connectivity index (χ2n) is 7.33. The third-order valence-corrected chi connectivity index (χ3v) is 5.71. The van der Waals surface area contributed by atoms with Gasteiger partial charge in [-0.05, 0) is 48.9 Å². The molecule has 1 atom stereocenters. The quantitative estimate of drug-likeness (QED) is 0.633. The molecular formula is C22H23ClN2O3. The summed E-state index contributed by atoms with van der Waals surface area (Å²) in [5.74, 6) is 1.41. The van der Waals surface area contributed by atoms with E-state index >= 15 is 0 Å². The highest BCUT2D eigenvalue weighted by Gasteiger charge is 2.21. The molecule has 0 spiro atoms. The van der Waals surface area contributed by atoms with E-state index < -0.39 is 0 Å². The fraction of sp³-hybridized carbons (Fsp3) is 0.318. The van der Waals surface area contributed by atoms with Crippen molar-refractivity contribution in [3.05, 3.63) is 52.2 Å². The number of anilines is 1.